The molecule has 0 saturated heterocycles. The highest BCUT2D eigenvalue weighted by Crippen LogP contribution is 2.13. The molecule has 1 atom stereocenters. The van der Waals surface area contributed by atoms with Crippen LogP contribution in [0, 0.1) is 13.8 Å². The van der Waals surface area contributed by atoms with Gasteiger partial charge in [-0.15, -0.1) is 0 Å². The Balaban J connectivity index is 1.76. The molecule has 2 amide bonds. The van der Waals surface area contributed by atoms with Gasteiger partial charge in [-0.25, -0.2) is 4.79 Å². The molecule has 6 nitrogen and oxygen atoms in total. The van der Waals surface area contributed by atoms with Crippen LogP contribution < -0.4 is 10.6 Å². The Bertz CT molecular complexity index is 818. The quantitative estimate of drug-likeness (QED) is 0.581. The number of nitrogens with one attached hydrogen (secondary N) is 2. The maximum Gasteiger partial charge on any atom is 0.326 e. The average molecular weight is 368 g/mol. The summed E-state index contributed by atoms with van der Waals surface area (Å²) in [6.45, 7) is 5.43. The number of hydrogen-bond donors (Lipinski definition) is 2. The number of urea groups is 1. The highest BCUT2D eigenvalue weighted by molar-refractivity contribution is 6.00. The minimum atomic E-state index is -0.922. The Hall–Kier alpha value is -3.15. The second-order valence-electron chi connectivity index (χ2n) is 6.32. The van der Waals surface area contributed by atoms with Crippen LogP contribution in [0.2, 0.25) is 0 Å². The molecule has 2 rings (SSSR count). The first kappa shape index (κ1) is 20.2. The molecule has 0 aliphatic carbocycles. The number of ether oxygens (including phenoxy) is 1. The largest absolute Gasteiger partial charge is 0.453 e. The fourth-order valence-corrected chi connectivity index (χ4v) is 2.41. The van der Waals surface area contributed by atoms with Crippen molar-refractivity contribution in [2.75, 3.05) is 6.54 Å². The van der Waals surface area contributed by atoms with Gasteiger partial charge in [-0.2, -0.15) is 0 Å². The summed E-state index contributed by atoms with van der Waals surface area (Å²) in [5.74, 6) is -0.950. The second kappa shape index (κ2) is 9.52. The molecule has 0 saturated carbocycles. The lowest BCUT2D eigenvalue weighted by Gasteiger charge is -2.14. The van der Waals surface area contributed by atoms with Crippen molar-refractivity contribution >= 4 is 17.8 Å². The third kappa shape index (κ3) is 6.26. The molecule has 6 heteroatoms. The number of ketones is 1. The number of amides is 2. The summed E-state index contributed by atoms with van der Waals surface area (Å²) in [5, 5.41) is 5.06. The van der Waals surface area contributed by atoms with Gasteiger partial charge in [0.2, 0.25) is 5.78 Å². The van der Waals surface area contributed by atoms with E-state index in [1.165, 1.54) is 6.92 Å². The first-order valence-corrected chi connectivity index (χ1v) is 8.73. The maximum absolute atomic E-state index is 12.4. The van der Waals surface area contributed by atoms with Crippen molar-refractivity contribution in [1.29, 1.82) is 0 Å². The summed E-state index contributed by atoms with van der Waals surface area (Å²) in [6, 6.07) is 14.3. The number of aryl methyl sites for hydroxylation is 2. The molecule has 0 aliphatic rings. The first-order valence-electron chi connectivity index (χ1n) is 8.73. The molecule has 0 heterocycles. The average Bonchev–Trinajstić information content (AvgIpc) is 2.67. The zero-order chi connectivity index (χ0) is 19.8. The number of carbonyl (C=O) groups excluding carboxylic acids is 3. The molecule has 0 aliphatic heterocycles. The van der Waals surface area contributed by atoms with Crippen LogP contribution in [-0.4, -0.2) is 30.4 Å². The predicted molar refractivity (Wildman–Crippen MR) is 102 cm³/mol. The number of Topliss-reactive ketones (excluding diaryl/α,β-unsaturated/α-hetero) is 1. The molecule has 27 heavy (non-hydrogen) atoms. The van der Waals surface area contributed by atoms with E-state index in [1.54, 1.807) is 12.1 Å². The number of benzene rings is 2. The highest BCUT2D eigenvalue weighted by atomic mass is 16.5. The highest BCUT2D eigenvalue weighted by Gasteiger charge is 2.20. The number of carbonyl (C=O) groups is 3. The van der Waals surface area contributed by atoms with Gasteiger partial charge in [0.05, 0.1) is 0 Å². The van der Waals surface area contributed by atoms with Crippen molar-refractivity contribution < 1.29 is 19.1 Å². The van der Waals surface area contributed by atoms with Crippen molar-refractivity contribution in [2.45, 2.75) is 33.4 Å². The Morgan fingerprint density at radius 2 is 1.67 bits per heavy atom. The molecule has 2 aromatic carbocycles. The van der Waals surface area contributed by atoms with Gasteiger partial charge in [0.15, 0.2) is 6.10 Å². The van der Waals surface area contributed by atoms with E-state index >= 15 is 0 Å². The smallest absolute Gasteiger partial charge is 0.326 e. The van der Waals surface area contributed by atoms with E-state index in [-0.39, 0.29) is 12.3 Å². The van der Waals surface area contributed by atoms with Crippen LogP contribution in [-0.2, 0) is 16.1 Å². The molecular weight excluding hydrogens is 344 g/mol. The van der Waals surface area contributed by atoms with Crippen LogP contribution in [0.25, 0.3) is 0 Å². The molecule has 0 fully saturated rings. The van der Waals surface area contributed by atoms with Gasteiger partial charge in [-0.1, -0.05) is 42.5 Å². The Kier molecular flexibility index (Phi) is 7.11. The summed E-state index contributed by atoms with van der Waals surface area (Å²) in [5.41, 5.74) is 3.52. The van der Waals surface area contributed by atoms with Crippen LogP contribution in [0.5, 0.6) is 0 Å². The summed E-state index contributed by atoms with van der Waals surface area (Å²) in [7, 11) is 0. The van der Waals surface area contributed by atoms with Crippen LogP contribution in [0.3, 0.4) is 0 Å². The Labute approximate surface area is 158 Å². The fourth-order valence-electron chi connectivity index (χ4n) is 2.41. The monoisotopic (exact) mass is 368 g/mol. The molecule has 142 valence electrons. The molecule has 0 radical (unpaired) electrons. The summed E-state index contributed by atoms with van der Waals surface area (Å²) in [6.07, 6.45) is -0.922. The Morgan fingerprint density at radius 3 is 2.33 bits per heavy atom. The summed E-state index contributed by atoms with van der Waals surface area (Å²) < 4.78 is 5.12. The van der Waals surface area contributed by atoms with E-state index in [0.29, 0.717) is 12.1 Å². The third-order valence-electron chi connectivity index (χ3n) is 4.16. The SMILES string of the molecule is Cc1ccc(C(=O)C(C)OC(=O)CNC(=O)NCc2ccccc2)cc1C. The molecular formula is C21H24N2O4. The third-order valence-corrected chi connectivity index (χ3v) is 4.16. The van der Waals surface area contributed by atoms with Crippen LogP contribution in [0.1, 0.15) is 34.0 Å². The van der Waals surface area contributed by atoms with Gasteiger partial charge in [-0.05, 0) is 43.5 Å². The van der Waals surface area contributed by atoms with Crippen molar-refractivity contribution in [1.82, 2.24) is 10.6 Å². The van der Waals surface area contributed by atoms with E-state index in [4.69, 9.17) is 4.74 Å². The number of rotatable bonds is 7. The Morgan fingerprint density at radius 1 is 0.963 bits per heavy atom. The molecule has 1 unspecified atom stereocenters. The molecule has 0 bridgehead atoms. The van der Waals surface area contributed by atoms with Crippen molar-refractivity contribution in [3.05, 3.63) is 70.8 Å². The van der Waals surface area contributed by atoms with Gasteiger partial charge in [0.1, 0.15) is 6.54 Å². The van der Waals surface area contributed by atoms with Crippen LogP contribution in [0.15, 0.2) is 48.5 Å². The number of hydrogen-bond acceptors (Lipinski definition) is 4. The van der Waals surface area contributed by atoms with Crippen molar-refractivity contribution in [2.24, 2.45) is 0 Å². The summed E-state index contributed by atoms with van der Waals surface area (Å²) in [4.78, 5) is 36.0. The molecule has 2 N–H and O–H groups in total. The maximum atomic E-state index is 12.4. The standard InChI is InChI=1S/C21H24N2O4/c1-14-9-10-18(11-15(14)2)20(25)16(3)27-19(24)13-23-21(26)22-12-17-7-5-4-6-8-17/h4-11,16H,12-13H2,1-3H3,(H2,22,23,26). The van der Waals surface area contributed by atoms with E-state index in [2.05, 4.69) is 10.6 Å². The van der Waals surface area contributed by atoms with E-state index in [0.717, 1.165) is 16.7 Å². The van der Waals surface area contributed by atoms with Gasteiger partial charge < -0.3 is 15.4 Å². The summed E-state index contributed by atoms with van der Waals surface area (Å²) >= 11 is 0. The lowest BCUT2D eigenvalue weighted by Crippen LogP contribution is -2.39. The minimum absolute atomic E-state index is 0.278. The van der Waals surface area contributed by atoms with Gasteiger partial charge in [0, 0.05) is 12.1 Å². The van der Waals surface area contributed by atoms with E-state index < -0.39 is 18.1 Å². The second-order valence-corrected chi connectivity index (χ2v) is 6.32. The van der Waals surface area contributed by atoms with Gasteiger partial charge >= 0.3 is 12.0 Å². The van der Waals surface area contributed by atoms with E-state index in [1.807, 2.05) is 50.2 Å². The fraction of sp³-hybridized carbons (Fsp3) is 0.286. The van der Waals surface area contributed by atoms with Crippen molar-refractivity contribution in [3.63, 3.8) is 0 Å². The lowest BCUT2D eigenvalue weighted by atomic mass is 10.0. The molecule has 0 spiro atoms. The minimum Gasteiger partial charge on any atom is -0.453 e. The normalized spacial score (nSPS) is 11.4. The lowest BCUT2D eigenvalue weighted by molar-refractivity contribution is -0.144. The topological polar surface area (TPSA) is 84.5 Å². The van der Waals surface area contributed by atoms with Gasteiger partial charge in [0.25, 0.3) is 0 Å². The zero-order valence-electron chi connectivity index (χ0n) is 15.7. The van der Waals surface area contributed by atoms with E-state index in [9.17, 15) is 14.4 Å². The van der Waals surface area contributed by atoms with Crippen LogP contribution >= 0.6 is 0 Å². The predicted octanol–water partition coefficient (Wildman–Crippen LogP) is 2.92. The number of esters is 1. The van der Waals surface area contributed by atoms with Gasteiger partial charge in [-0.3, -0.25) is 9.59 Å². The molecule has 0 aromatic heterocycles. The van der Waals surface area contributed by atoms with Crippen molar-refractivity contribution in [3.8, 4) is 0 Å². The molecule has 2 aromatic rings. The van der Waals surface area contributed by atoms with Crippen LogP contribution in [0.4, 0.5) is 4.79 Å². The first-order chi connectivity index (χ1) is 12.9. The zero-order valence-corrected chi connectivity index (χ0v) is 15.7.